The molecule has 0 radical (unpaired) electrons. The highest BCUT2D eigenvalue weighted by Crippen LogP contribution is 2.33. The predicted molar refractivity (Wildman–Crippen MR) is 139 cm³/mol. The van der Waals surface area contributed by atoms with E-state index in [4.69, 9.17) is 4.74 Å². The minimum absolute atomic E-state index is 0.0673. The van der Waals surface area contributed by atoms with Gasteiger partial charge in [-0.1, -0.05) is 13.8 Å². The van der Waals surface area contributed by atoms with E-state index < -0.39 is 21.7 Å². The van der Waals surface area contributed by atoms with Crippen LogP contribution >= 0.6 is 0 Å². The molecule has 0 aliphatic heterocycles. The molecule has 0 atom stereocenters. The second-order valence-corrected chi connectivity index (χ2v) is 11.3. The van der Waals surface area contributed by atoms with E-state index in [9.17, 15) is 17.6 Å². The number of nitrogens with zero attached hydrogens (tertiary/aromatic N) is 4. The van der Waals surface area contributed by atoms with E-state index in [-0.39, 0.29) is 23.4 Å². The minimum Gasteiger partial charge on any atom is -0.481 e. The van der Waals surface area contributed by atoms with E-state index in [1.165, 1.54) is 31.5 Å². The lowest BCUT2D eigenvalue weighted by Gasteiger charge is -2.18. The Morgan fingerprint density at radius 1 is 1.16 bits per heavy atom. The summed E-state index contributed by atoms with van der Waals surface area (Å²) in [6, 6.07) is 7.44. The maximum Gasteiger partial charge on any atom is 0.283 e. The molecule has 37 heavy (non-hydrogen) atoms. The number of hydrogen-bond donors (Lipinski definition) is 1. The van der Waals surface area contributed by atoms with Crippen molar-refractivity contribution in [1.82, 2.24) is 24.4 Å². The van der Waals surface area contributed by atoms with E-state index >= 15 is 0 Å². The van der Waals surface area contributed by atoms with Crippen molar-refractivity contribution in [3.63, 3.8) is 0 Å². The van der Waals surface area contributed by atoms with Gasteiger partial charge in [0.1, 0.15) is 5.82 Å². The van der Waals surface area contributed by atoms with Gasteiger partial charge in [0, 0.05) is 30.9 Å². The summed E-state index contributed by atoms with van der Waals surface area (Å²) in [5.41, 5.74) is 2.91. The molecule has 0 saturated carbocycles. The van der Waals surface area contributed by atoms with Gasteiger partial charge in [-0.05, 0) is 74.3 Å². The van der Waals surface area contributed by atoms with E-state index in [0.717, 1.165) is 0 Å². The molecular formula is C26H34FN5O4S. The smallest absolute Gasteiger partial charge is 0.283 e. The van der Waals surface area contributed by atoms with Crippen molar-refractivity contribution in [3.8, 4) is 17.0 Å². The Balaban J connectivity index is 1.98. The van der Waals surface area contributed by atoms with Gasteiger partial charge in [-0.2, -0.15) is 13.5 Å². The van der Waals surface area contributed by atoms with Gasteiger partial charge < -0.3 is 9.64 Å². The van der Waals surface area contributed by atoms with Crippen molar-refractivity contribution in [2.45, 2.75) is 57.6 Å². The molecule has 0 saturated heterocycles. The fourth-order valence-electron chi connectivity index (χ4n) is 4.14. The van der Waals surface area contributed by atoms with Crippen LogP contribution < -0.4 is 9.46 Å². The van der Waals surface area contributed by atoms with Crippen molar-refractivity contribution in [2.24, 2.45) is 0 Å². The number of methoxy groups -OCH3 is 1. The number of nitrogens with one attached hydrogen (secondary N) is 1. The lowest BCUT2D eigenvalue weighted by atomic mass is 9.88. The maximum absolute atomic E-state index is 14.6. The molecular weight excluding hydrogens is 497 g/mol. The Morgan fingerprint density at radius 2 is 1.86 bits per heavy atom. The monoisotopic (exact) mass is 531 g/mol. The average Bonchev–Trinajstić information content (AvgIpc) is 3.24. The second kappa shape index (κ2) is 11.4. The molecule has 0 unspecified atom stereocenters. The highest BCUT2D eigenvalue weighted by atomic mass is 32.2. The van der Waals surface area contributed by atoms with Crippen LogP contribution in [0.2, 0.25) is 0 Å². The van der Waals surface area contributed by atoms with Crippen LogP contribution in [0.4, 0.5) is 4.39 Å². The van der Waals surface area contributed by atoms with Gasteiger partial charge in [0.2, 0.25) is 11.8 Å². The van der Waals surface area contributed by atoms with Crippen LogP contribution in [0.1, 0.15) is 56.5 Å². The lowest BCUT2D eigenvalue weighted by molar-refractivity contribution is -0.118. The summed E-state index contributed by atoms with van der Waals surface area (Å²) in [7, 11) is 0.986. The third-order valence-corrected chi connectivity index (χ3v) is 6.99. The zero-order chi connectivity index (χ0) is 27.5. The third kappa shape index (κ3) is 6.72. The maximum atomic E-state index is 14.6. The summed E-state index contributed by atoms with van der Waals surface area (Å²) < 4.78 is 49.8. The van der Waals surface area contributed by atoms with Crippen LogP contribution in [0.3, 0.4) is 0 Å². The topological polar surface area (TPSA) is 106 Å². The molecule has 3 rings (SSSR count). The van der Waals surface area contributed by atoms with Gasteiger partial charge in [-0.15, -0.1) is 0 Å². The standard InChI is InChI=1S/C26H34FN5O4S/c1-16(2)21-11-19(27)12-22(18-8-9-28-25(10-18)36-7)23(21)14-24(33)30-37(34,35)26-13-20(15-31(5)6)32(29-26)17(3)4/h8-13,16-17H,14-15H2,1-7H3,(H,30,33). The van der Waals surface area contributed by atoms with Gasteiger partial charge in [-0.3, -0.25) is 9.48 Å². The first kappa shape index (κ1) is 28.3. The largest absolute Gasteiger partial charge is 0.481 e. The van der Waals surface area contributed by atoms with Crippen LogP contribution in [-0.4, -0.2) is 55.2 Å². The number of hydrogen-bond acceptors (Lipinski definition) is 7. The molecule has 2 heterocycles. The number of benzene rings is 1. The molecule has 1 amide bonds. The van der Waals surface area contributed by atoms with E-state index in [1.54, 1.807) is 16.8 Å². The SMILES string of the molecule is COc1cc(-c2cc(F)cc(C(C)C)c2CC(=O)NS(=O)(=O)c2cc(CN(C)C)n(C(C)C)n2)ccn1. The van der Waals surface area contributed by atoms with Crippen LogP contribution in [-0.2, 0) is 27.8 Å². The number of halogens is 1. The number of carbonyl (C=O) groups excluding carboxylic acids is 1. The Morgan fingerprint density at radius 3 is 2.46 bits per heavy atom. The third-order valence-electron chi connectivity index (χ3n) is 5.75. The summed E-state index contributed by atoms with van der Waals surface area (Å²) >= 11 is 0. The number of aromatic nitrogens is 3. The zero-order valence-corrected chi connectivity index (χ0v) is 23.1. The molecule has 1 aromatic carbocycles. The Labute approximate surface area is 217 Å². The summed E-state index contributed by atoms with van der Waals surface area (Å²) in [5.74, 6) is -0.990. The first-order chi connectivity index (χ1) is 17.3. The summed E-state index contributed by atoms with van der Waals surface area (Å²) in [6.07, 6.45) is 1.25. The number of carbonyl (C=O) groups is 1. The minimum atomic E-state index is -4.23. The first-order valence-electron chi connectivity index (χ1n) is 11.9. The molecule has 0 fully saturated rings. The summed E-state index contributed by atoms with van der Waals surface area (Å²) in [4.78, 5) is 19.1. The molecule has 9 nitrogen and oxygen atoms in total. The molecule has 0 aliphatic carbocycles. The van der Waals surface area contributed by atoms with Crippen LogP contribution in [0.25, 0.3) is 11.1 Å². The summed E-state index contributed by atoms with van der Waals surface area (Å²) in [6.45, 7) is 8.06. The predicted octanol–water partition coefficient (Wildman–Crippen LogP) is 3.91. The normalized spacial score (nSPS) is 12.0. The number of ether oxygens (including phenoxy) is 1. The molecule has 0 bridgehead atoms. The van der Waals surface area contributed by atoms with Gasteiger partial charge >= 0.3 is 0 Å². The van der Waals surface area contributed by atoms with Crippen molar-refractivity contribution < 1.29 is 22.3 Å². The Kier molecular flexibility index (Phi) is 8.70. The van der Waals surface area contributed by atoms with Crippen LogP contribution in [0.15, 0.2) is 41.6 Å². The molecule has 200 valence electrons. The highest BCUT2D eigenvalue weighted by Gasteiger charge is 2.26. The molecule has 2 aromatic heterocycles. The molecule has 3 aromatic rings. The van der Waals surface area contributed by atoms with Gasteiger partial charge in [0.05, 0.1) is 19.2 Å². The zero-order valence-electron chi connectivity index (χ0n) is 22.2. The number of pyridine rings is 1. The van der Waals surface area contributed by atoms with E-state index in [2.05, 4.69) is 14.8 Å². The quantitative estimate of drug-likeness (QED) is 0.423. The van der Waals surface area contributed by atoms with Crippen molar-refractivity contribution in [1.29, 1.82) is 0 Å². The van der Waals surface area contributed by atoms with Gasteiger partial charge in [0.25, 0.3) is 10.0 Å². The van der Waals surface area contributed by atoms with E-state index in [0.29, 0.717) is 40.4 Å². The second-order valence-electron chi connectivity index (χ2n) is 9.72. The van der Waals surface area contributed by atoms with Crippen molar-refractivity contribution >= 4 is 15.9 Å². The number of rotatable bonds is 10. The summed E-state index contributed by atoms with van der Waals surface area (Å²) in [5, 5.41) is 4.02. The van der Waals surface area contributed by atoms with Gasteiger partial charge in [0.15, 0.2) is 5.03 Å². The number of amides is 1. The van der Waals surface area contributed by atoms with E-state index in [1.807, 2.05) is 46.7 Å². The van der Waals surface area contributed by atoms with Crippen molar-refractivity contribution in [3.05, 3.63) is 59.2 Å². The van der Waals surface area contributed by atoms with Crippen LogP contribution in [0.5, 0.6) is 5.88 Å². The van der Waals surface area contributed by atoms with Crippen molar-refractivity contribution in [2.75, 3.05) is 21.2 Å². The highest BCUT2D eigenvalue weighted by molar-refractivity contribution is 7.90. The van der Waals surface area contributed by atoms with Gasteiger partial charge in [-0.25, -0.2) is 14.1 Å². The molecule has 11 heteroatoms. The molecule has 0 spiro atoms. The fourth-order valence-corrected chi connectivity index (χ4v) is 5.11. The Hall–Kier alpha value is -3.31. The average molecular weight is 532 g/mol. The lowest BCUT2D eigenvalue weighted by Crippen LogP contribution is -2.32. The van der Waals surface area contributed by atoms with Crippen LogP contribution in [0, 0.1) is 5.82 Å². The first-order valence-corrected chi connectivity index (χ1v) is 13.4. The molecule has 1 N–H and O–H groups in total. The number of sulfonamides is 1. The fraction of sp³-hybridized carbons (Fsp3) is 0.423. The Bertz CT molecular complexity index is 1380. The molecule has 0 aliphatic rings.